The second-order valence-electron chi connectivity index (χ2n) is 5.27. The topological polar surface area (TPSA) is 54.3 Å². The molecule has 1 aliphatic rings. The first kappa shape index (κ1) is 14.2. The Hall–Kier alpha value is -1.73. The lowest BCUT2D eigenvalue weighted by molar-refractivity contribution is 0.0629. The van der Waals surface area contributed by atoms with E-state index in [1.54, 1.807) is 0 Å². The van der Waals surface area contributed by atoms with Crippen molar-refractivity contribution in [2.75, 3.05) is 26.2 Å². The SMILES string of the molecule is Cc1nnc(CN2CCN(C(=O)c3cccs3)CC2)n1C. The lowest BCUT2D eigenvalue weighted by atomic mass is 10.3. The fourth-order valence-electron chi connectivity index (χ4n) is 2.45. The molecule has 112 valence electrons. The summed E-state index contributed by atoms with van der Waals surface area (Å²) in [6.45, 7) is 6.04. The van der Waals surface area contributed by atoms with E-state index in [1.165, 1.54) is 11.3 Å². The van der Waals surface area contributed by atoms with Gasteiger partial charge in [0, 0.05) is 33.2 Å². The Kier molecular flexibility index (Phi) is 4.03. The van der Waals surface area contributed by atoms with E-state index in [-0.39, 0.29) is 5.91 Å². The minimum atomic E-state index is 0.152. The highest BCUT2D eigenvalue weighted by molar-refractivity contribution is 7.12. The fraction of sp³-hybridized carbons (Fsp3) is 0.500. The molecule has 21 heavy (non-hydrogen) atoms. The van der Waals surface area contributed by atoms with Crippen LogP contribution < -0.4 is 0 Å². The van der Waals surface area contributed by atoms with Crippen molar-refractivity contribution in [3.63, 3.8) is 0 Å². The number of hydrogen-bond acceptors (Lipinski definition) is 5. The Morgan fingerprint density at radius 1 is 1.29 bits per heavy atom. The number of nitrogens with zero attached hydrogens (tertiary/aromatic N) is 5. The normalized spacial score (nSPS) is 16.4. The van der Waals surface area contributed by atoms with Gasteiger partial charge in [-0.05, 0) is 18.4 Å². The smallest absolute Gasteiger partial charge is 0.264 e. The van der Waals surface area contributed by atoms with E-state index in [2.05, 4.69) is 15.1 Å². The third kappa shape index (κ3) is 2.98. The van der Waals surface area contributed by atoms with Crippen molar-refractivity contribution in [2.24, 2.45) is 7.05 Å². The summed E-state index contributed by atoms with van der Waals surface area (Å²) < 4.78 is 2.02. The van der Waals surface area contributed by atoms with Crippen molar-refractivity contribution >= 4 is 17.2 Å². The average molecular weight is 305 g/mol. The van der Waals surface area contributed by atoms with Crippen LogP contribution in [0.2, 0.25) is 0 Å². The van der Waals surface area contributed by atoms with Crippen molar-refractivity contribution in [3.8, 4) is 0 Å². The van der Waals surface area contributed by atoms with Crippen LogP contribution in [0.25, 0.3) is 0 Å². The molecule has 1 fully saturated rings. The van der Waals surface area contributed by atoms with Gasteiger partial charge in [0.25, 0.3) is 5.91 Å². The van der Waals surface area contributed by atoms with Crippen LogP contribution >= 0.6 is 11.3 Å². The molecule has 2 aromatic heterocycles. The number of amides is 1. The standard InChI is InChI=1S/C14H19N5OS/c1-11-15-16-13(17(11)2)10-18-5-7-19(8-6-18)14(20)12-4-3-9-21-12/h3-4,9H,5-8,10H2,1-2H3. The number of piperazine rings is 1. The van der Waals surface area contributed by atoms with E-state index in [1.807, 2.05) is 41.0 Å². The van der Waals surface area contributed by atoms with Crippen LogP contribution in [0.4, 0.5) is 0 Å². The van der Waals surface area contributed by atoms with E-state index in [0.29, 0.717) is 0 Å². The van der Waals surface area contributed by atoms with Crippen molar-refractivity contribution in [3.05, 3.63) is 34.0 Å². The molecule has 0 aliphatic carbocycles. The minimum Gasteiger partial charge on any atom is -0.335 e. The zero-order valence-corrected chi connectivity index (χ0v) is 13.1. The van der Waals surface area contributed by atoms with E-state index in [4.69, 9.17) is 0 Å². The van der Waals surface area contributed by atoms with Crippen LogP contribution in [0.5, 0.6) is 0 Å². The fourth-order valence-corrected chi connectivity index (χ4v) is 3.14. The highest BCUT2D eigenvalue weighted by Crippen LogP contribution is 2.14. The highest BCUT2D eigenvalue weighted by atomic mass is 32.1. The number of hydrogen-bond donors (Lipinski definition) is 0. The molecule has 0 bridgehead atoms. The summed E-state index contributed by atoms with van der Waals surface area (Å²) in [5.41, 5.74) is 0. The molecule has 3 rings (SSSR count). The maximum absolute atomic E-state index is 12.3. The molecule has 0 spiro atoms. The molecule has 0 radical (unpaired) electrons. The number of aromatic nitrogens is 3. The summed E-state index contributed by atoms with van der Waals surface area (Å²) in [7, 11) is 1.99. The first-order valence-corrected chi connectivity index (χ1v) is 7.93. The molecule has 1 amide bonds. The molecule has 2 aromatic rings. The Labute approximate surface area is 128 Å². The first-order valence-electron chi connectivity index (χ1n) is 7.05. The van der Waals surface area contributed by atoms with Gasteiger partial charge in [0.1, 0.15) is 11.6 Å². The molecule has 0 unspecified atom stereocenters. The summed E-state index contributed by atoms with van der Waals surface area (Å²) in [5.74, 6) is 2.06. The Morgan fingerprint density at radius 2 is 2.05 bits per heavy atom. The molecule has 1 aliphatic heterocycles. The second-order valence-corrected chi connectivity index (χ2v) is 6.22. The van der Waals surface area contributed by atoms with E-state index in [9.17, 15) is 4.79 Å². The van der Waals surface area contributed by atoms with Gasteiger partial charge in [-0.25, -0.2) is 0 Å². The number of aryl methyl sites for hydroxylation is 1. The maximum Gasteiger partial charge on any atom is 0.264 e. The lowest BCUT2D eigenvalue weighted by Crippen LogP contribution is -2.48. The minimum absolute atomic E-state index is 0.152. The quantitative estimate of drug-likeness (QED) is 0.853. The van der Waals surface area contributed by atoms with Crippen molar-refractivity contribution in [2.45, 2.75) is 13.5 Å². The molecule has 0 saturated carbocycles. The van der Waals surface area contributed by atoms with Crippen LogP contribution in [0, 0.1) is 6.92 Å². The van der Waals surface area contributed by atoms with Crippen LogP contribution in [0.3, 0.4) is 0 Å². The van der Waals surface area contributed by atoms with E-state index < -0.39 is 0 Å². The van der Waals surface area contributed by atoms with Gasteiger partial charge in [0.2, 0.25) is 0 Å². The van der Waals surface area contributed by atoms with Crippen molar-refractivity contribution < 1.29 is 4.79 Å². The van der Waals surface area contributed by atoms with Crippen molar-refractivity contribution in [1.82, 2.24) is 24.6 Å². The van der Waals surface area contributed by atoms with Gasteiger partial charge in [-0.1, -0.05) is 6.07 Å². The predicted octanol–water partition coefficient (Wildman–Crippen LogP) is 1.14. The van der Waals surface area contributed by atoms with Gasteiger partial charge in [0.15, 0.2) is 0 Å². The number of rotatable bonds is 3. The molecule has 0 aromatic carbocycles. The molecule has 6 nitrogen and oxygen atoms in total. The highest BCUT2D eigenvalue weighted by Gasteiger charge is 2.23. The van der Waals surface area contributed by atoms with Gasteiger partial charge < -0.3 is 9.47 Å². The summed E-state index contributed by atoms with van der Waals surface area (Å²) in [5, 5.41) is 10.2. The third-order valence-corrected chi connectivity index (χ3v) is 4.80. The zero-order chi connectivity index (χ0) is 14.8. The molecule has 0 atom stereocenters. The van der Waals surface area contributed by atoms with Crippen LogP contribution in [-0.2, 0) is 13.6 Å². The van der Waals surface area contributed by atoms with E-state index >= 15 is 0 Å². The van der Waals surface area contributed by atoms with Gasteiger partial charge >= 0.3 is 0 Å². The van der Waals surface area contributed by atoms with Gasteiger partial charge in [0.05, 0.1) is 11.4 Å². The monoisotopic (exact) mass is 305 g/mol. The summed E-state index contributed by atoms with van der Waals surface area (Å²) >= 11 is 1.51. The third-order valence-electron chi connectivity index (χ3n) is 3.94. The lowest BCUT2D eigenvalue weighted by Gasteiger charge is -2.34. The predicted molar refractivity (Wildman–Crippen MR) is 81.2 cm³/mol. The van der Waals surface area contributed by atoms with Crippen LogP contribution in [0.1, 0.15) is 21.3 Å². The molecule has 1 saturated heterocycles. The van der Waals surface area contributed by atoms with Gasteiger partial charge in [-0.2, -0.15) is 0 Å². The molecule has 0 N–H and O–H groups in total. The zero-order valence-electron chi connectivity index (χ0n) is 12.3. The average Bonchev–Trinajstić information content (AvgIpc) is 3.13. The Morgan fingerprint density at radius 3 is 2.62 bits per heavy atom. The summed E-state index contributed by atoms with van der Waals surface area (Å²) in [4.78, 5) is 17.4. The molecule has 3 heterocycles. The van der Waals surface area contributed by atoms with Crippen LogP contribution in [-0.4, -0.2) is 56.7 Å². The van der Waals surface area contributed by atoms with Gasteiger partial charge in [-0.15, -0.1) is 21.5 Å². The van der Waals surface area contributed by atoms with Gasteiger partial charge in [-0.3, -0.25) is 9.69 Å². The second kappa shape index (κ2) is 5.95. The molecule has 7 heteroatoms. The number of carbonyl (C=O) groups excluding carboxylic acids is 1. The first-order chi connectivity index (χ1) is 10.1. The van der Waals surface area contributed by atoms with E-state index in [0.717, 1.165) is 49.2 Å². The van der Waals surface area contributed by atoms with Crippen LogP contribution in [0.15, 0.2) is 17.5 Å². The number of thiophene rings is 1. The Balaban J connectivity index is 1.56. The molecular formula is C14H19N5OS. The summed E-state index contributed by atoms with van der Waals surface area (Å²) in [6.07, 6.45) is 0. The largest absolute Gasteiger partial charge is 0.335 e. The Bertz CT molecular complexity index is 613. The molecular weight excluding hydrogens is 286 g/mol. The maximum atomic E-state index is 12.3. The summed E-state index contributed by atoms with van der Waals surface area (Å²) in [6, 6.07) is 3.81. The van der Waals surface area contributed by atoms with Crippen molar-refractivity contribution in [1.29, 1.82) is 0 Å². The number of carbonyl (C=O) groups is 1.